The van der Waals surface area contributed by atoms with E-state index in [0.717, 1.165) is 18.8 Å². The summed E-state index contributed by atoms with van der Waals surface area (Å²) in [5.41, 5.74) is 0.719. The average molecular weight is 287 g/mol. The summed E-state index contributed by atoms with van der Waals surface area (Å²) in [6.45, 7) is 7.94. The highest BCUT2D eigenvalue weighted by molar-refractivity contribution is 6.06. The minimum Gasteiger partial charge on any atom is -0.494 e. The molecule has 0 radical (unpaired) electrons. The Morgan fingerprint density at radius 1 is 1.29 bits per heavy atom. The molecule has 0 unspecified atom stereocenters. The fourth-order valence-corrected chi connectivity index (χ4v) is 1.73. The second-order valence-electron chi connectivity index (χ2n) is 4.29. The molecule has 0 spiro atoms. The van der Waals surface area contributed by atoms with Gasteiger partial charge in [0.15, 0.2) is 0 Å². The molecule has 5 nitrogen and oxygen atoms in total. The first-order chi connectivity index (χ1) is 10.1. The fraction of sp³-hybridized carbons (Fsp3) is 0.375. The monoisotopic (exact) mass is 287 g/mol. The van der Waals surface area contributed by atoms with E-state index < -0.39 is 5.91 Å². The number of nitrogens with zero attached hydrogens (tertiary/aromatic N) is 2. The number of nitrogens with one attached hydrogen (secondary N) is 1. The second kappa shape index (κ2) is 8.64. The van der Waals surface area contributed by atoms with Crippen LogP contribution in [0.25, 0.3) is 0 Å². The Kier molecular flexibility index (Phi) is 6.82. The zero-order valence-corrected chi connectivity index (χ0v) is 12.7. The molecular formula is C16H21N3O2. The summed E-state index contributed by atoms with van der Waals surface area (Å²) in [6, 6.07) is 8.98. The molecule has 1 N–H and O–H groups in total. The van der Waals surface area contributed by atoms with Gasteiger partial charge in [0.1, 0.15) is 17.4 Å². The molecule has 0 atom stereocenters. The summed E-state index contributed by atoms with van der Waals surface area (Å²) in [7, 11) is 0. The summed E-state index contributed by atoms with van der Waals surface area (Å²) in [5, 5.41) is 11.8. The van der Waals surface area contributed by atoms with Crippen LogP contribution in [0, 0.1) is 11.3 Å². The summed E-state index contributed by atoms with van der Waals surface area (Å²) in [4.78, 5) is 14.0. The zero-order valence-electron chi connectivity index (χ0n) is 12.7. The van der Waals surface area contributed by atoms with Gasteiger partial charge in [-0.15, -0.1) is 0 Å². The average Bonchev–Trinajstić information content (AvgIpc) is 2.50. The van der Waals surface area contributed by atoms with Crippen LogP contribution in [0.1, 0.15) is 20.8 Å². The van der Waals surface area contributed by atoms with Crippen molar-refractivity contribution < 1.29 is 9.53 Å². The number of rotatable bonds is 7. The van der Waals surface area contributed by atoms with E-state index in [-0.39, 0.29) is 5.57 Å². The normalized spacial score (nSPS) is 10.7. The Morgan fingerprint density at radius 2 is 1.90 bits per heavy atom. The van der Waals surface area contributed by atoms with Crippen molar-refractivity contribution in [1.29, 1.82) is 5.26 Å². The number of nitriles is 1. The Balaban J connectivity index is 2.76. The van der Waals surface area contributed by atoms with E-state index in [4.69, 9.17) is 10.00 Å². The molecule has 0 aliphatic heterocycles. The van der Waals surface area contributed by atoms with Crippen molar-refractivity contribution in [2.45, 2.75) is 20.8 Å². The first-order valence-electron chi connectivity index (χ1n) is 7.04. The van der Waals surface area contributed by atoms with Gasteiger partial charge in [0.05, 0.1) is 6.61 Å². The zero-order chi connectivity index (χ0) is 15.7. The lowest BCUT2D eigenvalue weighted by Gasteiger charge is -2.15. The predicted octanol–water partition coefficient (Wildman–Crippen LogP) is 2.77. The maximum Gasteiger partial charge on any atom is 0.267 e. The quantitative estimate of drug-likeness (QED) is 0.618. The van der Waals surface area contributed by atoms with Crippen molar-refractivity contribution >= 4 is 11.6 Å². The first kappa shape index (κ1) is 16.6. The summed E-state index contributed by atoms with van der Waals surface area (Å²) in [6.07, 6.45) is 1.59. The second-order valence-corrected chi connectivity index (χ2v) is 4.29. The van der Waals surface area contributed by atoms with Crippen molar-refractivity contribution in [1.82, 2.24) is 4.90 Å². The standard InChI is InChI=1S/C16H21N3O2/c1-4-19(5-2)12-13(11-17)16(20)18-14-7-9-15(10-8-14)21-6-3/h7-10,12H,4-6H2,1-3H3,(H,18,20)/b13-12-. The lowest BCUT2D eigenvalue weighted by atomic mass is 10.2. The van der Waals surface area contributed by atoms with Gasteiger partial charge < -0.3 is 15.0 Å². The Bertz CT molecular complexity index is 525. The number of benzene rings is 1. The van der Waals surface area contributed by atoms with Crippen LogP contribution in [0.15, 0.2) is 36.0 Å². The van der Waals surface area contributed by atoms with E-state index in [2.05, 4.69) is 5.32 Å². The highest BCUT2D eigenvalue weighted by Gasteiger charge is 2.10. The van der Waals surface area contributed by atoms with Crippen LogP contribution in [0.3, 0.4) is 0 Å². The van der Waals surface area contributed by atoms with Gasteiger partial charge in [0.2, 0.25) is 0 Å². The molecule has 0 heterocycles. The first-order valence-corrected chi connectivity index (χ1v) is 7.04. The number of hydrogen-bond donors (Lipinski definition) is 1. The molecule has 0 aliphatic carbocycles. The van der Waals surface area contributed by atoms with E-state index in [1.54, 1.807) is 30.5 Å². The molecule has 1 rings (SSSR count). The van der Waals surface area contributed by atoms with Gasteiger partial charge in [0, 0.05) is 25.0 Å². The number of amides is 1. The molecule has 0 saturated carbocycles. The predicted molar refractivity (Wildman–Crippen MR) is 82.9 cm³/mol. The van der Waals surface area contributed by atoms with E-state index in [9.17, 15) is 4.79 Å². The van der Waals surface area contributed by atoms with Crippen LogP contribution in [-0.4, -0.2) is 30.5 Å². The van der Waals surface area contributed by atoms with Crippen LogP contribution in [0.4, 0.5) is 5.69 Å². The Hall–Kier alpha value is -2.48. The maximum atomic E-state index is 12.1. The minimum absolute atomic E-state index is 0.0904. The van der Waals surface area contributed by atoms with Crippen molar-refractivity contribution in [3.63, 3.8) is 0 Å². The molecule has 0 aromatic heterocycles. The van der Waals surface area contributed by atoms with Crippen molar-refractivity contribution in [2.24, 2.45) is 0 Å². The highest BCUT2D eigenvalue weighted by atomic mass is 16.5. The molecule has 0 fully saturated rings. The fourth-order valence-electron chi connectivity index (χ4n) is 1.73. The van der Waals surface area contributed by atoms with Gasteiger partial charge in [0.25, 0.3) is 5.91 Å². The van der Waals surface area contributed by atoms with E-state index >= 15 is 0 Å². The molecule has 0 bridgehead atoms. The summed E-state index contributed by atoms with van der Waals surface area (Å²) in [5.74, 6) is 0.336. The van der Waals surface area contributed by atoms with Gasteiger partial charge in [-0.05, 0) is 45.0 Å². The third-order valence-electron chi connectivity index (χ3n) is 2.91. The molecule has 1 aromatic rings. The smallest absolute Gasteiger partial charge is 0.267 e. The Labute approximate surface area is 125 Å². The number of ether oxygens (including phenoxy) is 1. The molecule has 1 amide bonds. The molecule has 5 heteroatoms. The molecule has 112 valence electrons. The van der Waals surface area contributed by atoms with Crippen molar-refractivity contribution in [3.8, 4) is 11.8 Å². The van der Waals surface area contributed by atoms with Crippen LogP contribution >= 0.6 is 0 Å². The Morgan fingerprint density at radius 3 is 2.38 bits per heavy atom. The molecule has 0 aliphatic rings. The van der Waals surface area contributed by atoms with Gasteiger partial charge >= 0.3 is 0 Å². The molecular weight excluding hydrogens is 266 g/mol. The van der Waals surface area contributed by atoms with Crippen LogP contribution in [0.2, 0.25) is 0 Å². The van der Waals surface area contributed by atoms with Gasteiger partial charge in [-0.25, -0.2) is 0 Å². The van der Waals surface area contributed by atoms with Crippen molar-refractivity contribution in [3.05, 3.63) is 36.0 Å². The van der Waals surface area contributed by atoms with Gasteiger partial charge in [-0.3, -0.25) is 4.79 Å². The van der Waals surface area contributed by atoms with Crippen molar-refractivity contribution in [2.75, 3.05) is 25.0 Å². The number of hydrogen-bond acceptors (Lipinski definition) is 4. The lowest BCUT2D eigenvalue weighted by Crippen LogP contribution is -2.20. The van der Waals surface area contributed by atoms with Crippen LogP contribution in [0.5, 0.6) is 5.75 Å². The molecule has 0 saturated heterocycles. The van der Waals surface area contributed by atoms with E-state index in [1.165, 1.54) is 0 Å². The topological polar surface area (TPSA) is 65.4 Å². The highest BCUT2D eigenvalue weighted by Crippen LogP contribution is 2.16. The van der Waals surface area contributed by atoms with Crippen LogP contribution < -0.4 is 10.1 Å². The molecule has 21 heavy (non-hydrogen) atoms. The SMILES string of the molecule is CCOc1ccc(NC(=O)/C(C#N)=C\N(CC)CC)cc1. The number of carbonyl (C=O) groups is 1. The van der Waals surface area contributed by atoms with E-state index in [0.29, 0.717) is 12.3 Å². The number of anilines is 1. The van der Waals surface area contributed by atoms with Gasteiger partial charge in [-0.2, -0.15) is 5.26 Å². The lowest BCUT2D eigenvalue weighted by molar-refractivity contribution is -0.112. The summed E-state index contributed by atoms with van der Waals surface area (Å²) >= 11 is 0. The number of carbonyl (C=O) groups excluding carboxylic acids is 1. The van der Waals surface area contributed by atoms with Crippen LogP contribution in [-0.2, 0) is 4.79 Å². The molecule has 1 aromatic carbocycles. The largest absolute Gasteiger partial charge is 0.494 e. The third-order valence-corrected chi connectivity index (χ3v) is 2.91. The van der Waals surface area contributed by atoms with E-state index in [1.807, 2.05) is 31.7 Å². The minimum atomic E-state index is -0.409. The van der Waals surface area contributed by atoms with Gasteiger partial charge in [-0.1, -0.05) is 0 Å². The summed E-state index contributed by atoms with van der Waals surface area (Å²) < 4.78 is 5.33. The maximum absolute atomic E-state index is 12.1. The third kappa shape index (κ3) is 5.19.